The summed E-state index contributed by atoms with van der Waals surface area (Å²) in [6, 6.07) is 4.91. The first-order valence-corrected chi connectivity index (χ1v) is 7.30. The van der Waals surface area contributed by atoms with E-state index in [1.165, 1.54) is 38.9 Å². The van der Waals surface area contributed by atoms with Crippen molar-refractivity contribution in [3.8, 4) is 0 Å². The van der Waals surface area contributed by atoms with Crippen LogP contribution >= 0.6 is 0 Å². The lowest BCUT2D eigenvalue weighted by Crippen LogP contribution is -2.41. The quantitative estimate of drug-likeness (QED) is 0.868. The van der Waals surface area contributed by atoms with Crippen LogP contribution < -0.4 is 5.32 Å². The summed E-state index contributed by atoms with van der Waals surface area (Å²) < 4.78 is 5.50. The van der Waals surface area contributed by atoms with E-state index < -0.39 is 0 Å². The molecule has 1 N–H and O–H groups in total. The zero-order chi connectivity index (χ0) is 12.4. The van der Waals surface area contributed by atoms with Gasteiger partial charge in [-0.3, -0.25) is 4.90 Å². The smallest absolute Gasteiger partial charge is 0.117 e. The summed E-state index contributed by atoms with van der Waals surface area (Å²) >= 11 is 0. The molecule has 2 heterocycles. The van der Waals surface area contributed by atoms with Gasteiger partial charge >= 0.3 is 0 Å². The first-order valence-electron chi connectivity index (χ1n) is 7.30. The number of nitrogens with one attached hydrogen (secondary N) is 1. The van der Waals surface area contributed by atoms with Crippen LogP contribution in [0.5, 0.6) is 0 Å². The first kappa shape index (κ1) is 12.2. The van der Waals surface area contributed by atoms with Crippen LogP contribution in [0.15, 0.2) is 22.8 Å². The molecule has 1 aromatic heterocycles. The van der Waals surface area contributed by atoms with Crippen molar-refractivity contribution in [1.82, 2.24) is 10.2 Å². The van der Waals surface area contributed by atoms with E-state index in [0.717, 1.165) is 30.2 Å². The van der Waals surface area contributed by atoms with Crippen molar-refractivity contribution in [2.24, 2.45) is 11.8 Å². The Bertz CT molecular complexity index is 359. The van der Waals surface area contributed by atoms with Crippen LogP contribution in [0.25, 0.3) is 0 Å². The van der Waals surface area contributed by atoms with E-state index in [1.807, 2.05) is 6.07 Å². The van der Waals surface area contributed by atoms with Crippen LogP contribution in [0, 0.1) is 11.8 Å². The molecule has 0 aromatic carbocycles. The molecule has 1 saturated heterocycles. The van der Waals surface area contributed by atoms with Gasteiger partial charge in [-0.1, -0.05) is 6.92 Å². The average Bonchev–Trinajstić information content (AvgIpc) is 3.10. The van der Waals surface area contributed by atoms with Gasteiger partial charge in [0.25, 0.3) is 0 Å². The molecular formula is C15H24N2O. The summed E-state index contributed by atoms with van der Waals surface area (Å²) in [5, 5.41) is 3.49. The Balaban J connectivity index is 1.59. The van der Waals surface area contributed by atoms with E-state index in [4.69, 9.17) is 4.42 Å². The van der Waals surface area contributed by atoms with Gasteiger partial charge in [-0.25, -0.2) is 0 Å². The van der Waals surface area contributed by atoms with Crippen LogP contribution in [-0.2, 0) is 6.54 Å². The third-order valence-corrected chi connectivity index (χ3v) is 4.43. The van der Waals surface area contributed by atoms with E-state index in [-0.39, 0.29) is 0 Å². The number of rotatable bonds is 5. The molecule has 1 aliphatic heterocycles. The lowest BCUT2D eigenvalue weighted by atomic mass is 9.87. The molecule has 3 nitrogen and oxygen atoms in total. The molecule has 1 aromatic rings. The van der Waals surface area contributed by atoms with E-state index in [9.17, 15) is 0 Å². The Labute approximate surface area is 110 Å². The summed E-state index contributed by atoms with van der Waals surface area (Å²) in [5.41, 5.74) is 0. The molecular weight excluding hydrogens is 224 g/mol. The van der Waals surface area contributed by atoms with Gasteiger partial charge in [0.2, 0.25) is 0 Å². The molecule has 18 heavy (non-hydrogen) atoms. The second kappa shape index (κ2) is 5.45. The second-order valence-corrected chi connectivity index (χ2v) is 5.97. The number of nitrogens with zero attached hydrogens (tertiary/aromatic N) is 1. The Hall–Kier alpha value is -0.800. The first-order chi connectivity index (χ1) is 8.83. The number of piperidine rings is 1. The number of hydrogen-bond donors (Lipinski definition) is 1. The standard InChI is InChI=1S/C15H24N2O/c1-12-9-16-7-6-13(12)10-17(14-4-5-14)11-15-3-2-8-18-15/h2-3,8,12-14,16H,4-7,9-11H2,1H3. The molecule has 2 atom stereocenters. The van der Waals surface area contributed by atoms with Gasteiger partial charge in [-0.15, -0.1) is 0 Å². The maximum atomic E-state index is 5.50. The highest BCUT2D eigenvalue weighted by molar-refractivity contribution is 5.00. The highest BCUT2D eigenvalue weighted by atomic mass is 16.3. The van der Waals surface area contributed by atoms with Crippen molar-refractivity contribution in [2.45, 2.75) is 38.8 Å². The van der Waals surface area contributed by atoms with Gasteiger partial charge in [0.15, 0.2) is 0 Å². The molecule has 0 bridgehead atoms. The molecule has 2 fully saturated rings. The summed E-state index contributed by atoms with van der Waals surface area (Å²) in [4.78, 5) is 2.64. The Morgan fingerprint density at radius 3 is 2.94 bits per heavy atom. The van der Waals surface area contributed by atoms with Crippen molar-refractivity contribution < 1.29 is 4.42 Å². The zero-order valence-corrected chi connectivity index (χ0v) is 11.3. The third kappa shape index (κ3) is 2.96. The fraction of sp³-hybridized carbons (Fsp3) is 0.733. The maximum absolute atomic E-state index is 5.50. The lowest BCUT2D eigenvalue weighted by molar-refractivity contribution is 0.148. The van der Waals surface area contributed by atoms with Crippen LogP contribution in [0.4, 0.5) is 0 Å². The fourth-order valence-corrected chi connectivity index (χ4v) is 3.03. The third-order valence-electron chi connectivity index (χ3n) is 4.43. The van der Waals surface area contributed by atoms with Crippen LogP contribution in [0.1, 0.15) is 31.9 Å². The van der Waals surface area contributed by atoms with Crippen molar-refractivity contribution >= 4 is 0 Å². The molecule has 1 aliphatic carbocycles. The van der Waals surface area contributed by atoms with Gasteiger partial charge in [0, 0.05) is 12.6 Å². The molecule has 1 saturated carbocycles. The summed E-state index contributed by atoms with van der Waals surface area (Å²) in [7, 11) is 0. The Kier molecular flexibility index (Phi) is 3.71. The molecule has 0 spiro atoms. The van der Waals surface area contributed by atoms with Crippen molar-refractivity contribution in [3.05, 3.63) is 24.2 Å². The van der Waals surface area contributed by atoms with Crippen molar-refractivity contribution in [2.75, 3.05) is 19.6 Å². The zero-order valence-electron chi connectivity index (χ0n) is 11.3. The van der Waals surface area contributed by atoms with Crippen LogP contribution in [0.2, 0.25) is 0 Å². The molecule has 3 rings (SSSR count). The monoisotopic (exact) mass is 248 g/mol. The van der Waals surface area contributed by atoms with Crippen molar-refractivity contribution in [1.29, 1.82) is 0 Å². The minimum absolute atomic E-state index is 0.802. The van der Waals surface area contributed by atoms with Gasteiger partial charge in [0.05, 0.1) is 12.8 Å². The van der Waals surface area contributed by atoms with Crippen LogP contribution in [0.3, 0.4) is 0 Å². The molecule has 0 radical (unpaired) electrons. The molecule has 100 valence electrons. The van der Waals surface area contributed by atoms with E-state index in [0.29, 0.717) is 0 Å². The molecule has 0 amide bonds. The minimum atomic E-state index is 0.802. The van der Waals surface area contributed by atoms with Gasteiger partial charge in [-0.2, -0.15) is 0 Å². The number of hydrogen-bond acceptors (Lipinski definition) is 3. The lowest BCUT2D eigenvalue weighted by Gasteiger charge is -2.34. The largest absolute Gasteiger partial charge is 0.468 e. The predicted octanol–water partition coefficient (Wildman–Crippen LogP) is 2.49. The highest BCUT2D eigenvalue weighted by Gasteiger charge is 2.32. The van der Waals surface area contributed by atoms with Crippen molar-refractivity contribution in [3.63, 3.8) is 0 Å². The fourth-order valence-electron chi connectivity index (χ4n) is 3.03. The summed E-state index contributed by atoms with van der Waals surface area (Å²) in [6.07, 6.45) is 5.86. The van der Waals surface area contributed by atoms with Gasteiger partial charge in [0.1, 0.15) is 5.76 Å². The molecule has 3 heteroatoms. The second-order valence-electron chi connectivity index (χ2n) is 5.97. The van der Waals surface area contributed by atoms with E-state index >= 15 is 0 Å². The topological polar surface area (TPSA) is 28.4 Å². The molecule has 2 aliphatic rings. The SMILES string of the molecule is CC1CNCCC1CN(Cc1ccco1)C1CC1. The van der Waals surface area contributed by atoms with Gasteiger partial charge in [-0.05, 0) is 56.3 Å². The maximum Gasteiger partial charge on any atom is 0.117 e. The minimum Gasteiger partial charge on any atom is -0.468 e. The number of furan rings is 1. The van der Waals surface area contributed by atoms with Crippen LogP contribution in [-0.4, -0.2) is 30.6 Å². The predicted molar refractivity (Wildman–Crippen MR) is 72.3 cm³/mol. The summed E-state index contributed by atoms with van der Waals surface area (Å²) in [6.45, 7) is 7.00. The van der Waals surface area contributed by atoms with E-state index in [2.05, 4.69) is 23.2 Å². The van der Waals surface area contributed by atoms with Gasteiger partial charge < -0.3 is 9.73 Å². The average molecular weight is 248 g/mol. The Morgan fingerprint density at radius 2 is 2.28 bits per heavy atom. The Morgan fingerprint density at radius 1 is 1.39 bits per heavy atom. The highest BCUT2D eigenvalue weighted by Crippen LogP contribution is 2.31. The molecule has 2 unspecified atom stereocenters. The summed E-state index contributed by atoms with van der Waals surface area (Å²) in [5.74, 6) is 2.77. The van der Waals surface area contributed by atoms with E-state index in [1.54, 1.807) is 6.26 Å². The normalized spacial score (nSPS) is 28.8.